The van der Waals surface area contributed by atoms with E-state index in [1.807, 2.05) is 36.1 Å². The minimum absolute atomic E-state index is 0.235. The average molecular weight is 251 g/mol. The Morgan fingerprint density at radius 1 is 1.35 bits per heavy atom. The normalized spacial score (nSPS) is 10.5. The van der Waals surface area contributed by atoms with Crippen molar-refractivity contribution in [2.45, 2.75) is 11.9 Å². The summed E-state index contributed by atoms with van der Waals surface area (Å²) in [6.07, 6.45) is 3.87. The predicted molar refractivity (Wildman–Crippen MR) is 68.7 cm³/mol. The van der Waals surface area contributed by atoms with Gasteiger partial charge in [0.05, 0.1) is 6.61 Å². The van der Waals surface area contributed by atoms with Crippen LogP contribution < -0.4 is 4.74 Å². The first-order valence-corrected chi connectivity index (χ1v) is 6.62. The monoisotopic (exact) mass is 251 g/mol. The van der Waals surface area contributed by atoms with Crippen molar-refractivity contribution in [2.75, 3.05) is 12.9 Å². The van der Waals surface area contributed by atoms with Gasteiger partial charge in [-0.1, -0.05) is 6.07 Å². The van der Waals surface area contributed by atoms with Gasteiger partial charge in [-0.2, -0.15) is 0 Å². The molecule has 90 valence electrons. The van der Waals surface area contributed by atoms with Gasteiger partial charge in [-0.3, -0.25) is 0 Å². The van der Waals surface area contributed by atoms with E-state index in [1.54, 1.807) is 17.8 Å². The van der Waals surface area contributed by atoms with Gasteiger partial charge in [0.2, 0.25) is 0 Å². The Hall–Kier alpha value is -1.42. The Bertz CT molecular complexity index is 510. The molecule has 0 aliphatic rings. The molecule has 0 spiro atoms. The van der Waals surface area contributed by atoms with E-state index >= 15 is 0 Å². The quantitative estimate of drug-likeness (QED) is 0.768. The van der Waals surface area contributed by atoms with E-state index in [0.717, 1.165) is 16.5 Å². The molecule has 17 heavy (non-hydrogen) atoms. The van der Waals surface area contributed by atoms with Gasteiger partial charge in [0.15, 0.2) is 5.75 Å². The Labute approximate surface area is 104 Å². The molecule has 2 rings (SSSR count). The first-order chi connectivity index (χ1) is 8.26. The molecule has 0 unspecified atom stereocenters. The van der Waals surface area contributed by atoms with E-state index in [1.165, 1.54) is 12.1 Å². The summed E-state index contributed by atoms with van der Waals surface area (Å²) in [5.74, 6) is 0.602. The molecule has 0 atom stereocenters. The predicted octanol–water partition coefficient (Wildman–Crippen LogP) is 3.74. The van der Waals surface area contributed by atoms with Crippen LogP contribution in [0.25, 0.3) is 5.69 Å². The molecule has 0 aliphatic carbocycles. The highest BCUT2D eigenvalue weighted by atomic mass is 32.2. The smallest absolute Gasteiger partial charge is 0.151 e. The van der Waals surface area contributed by atoms with Gasteiger partial charge in [0.1, 0.15) is 10.8 Å². The third kappa shape index (κ3) is 2.47. The Morgan fingerprint density at radius 3 is 2.82 bits per heavy atom. The van der Waals surface area contributed by atoms with Crippen molar-refractivity contribution in [1.82, 2.24) is 4.57 Å². The van der Waals surface area contributed by atoms with Crippen LogP contribution in [0.4, 0.5) is 4.39 Å². The van der Waals surface area contributed by atoms with Crippen LogP contribution in [0.1, 0.15) is 6.92 Å². The lowest BCUT2D eigenvalue weighted by molar-refractivity contribution is 0.331. The van der Waals surface area contributed by atoms with Crippen LogP contribution in [0.5, 0.6) is 5.75 Å². The van der Waals surface area contributed by atoms with Gasteiger partial charge in [0, 0.05) is 11.9 Å². The molecular weight excluding hydrogens is 237 g/mol. The summed E-state index contributed by atoms with van der Waals surface area (Å²) in [6.45, 7) is 2.57. The summed E-state index contributed by atoms with van der Waals surface area (Å²) in [6, 6.07) is 8.43. The van der Waals surface area contributed by atoms with E-state index in [9.17, 15) is 4.39 Å². The Kier molecular flexibility index (Phi) is 3.74. The molecule has 0 N–H and O–H groups in total. The molecule has 0 bridgehead atoms. The second-order valence-corrected chi connectivity index (χ2v) is 4.27. The van der Waals surface area contributed by atoms with Crippen molar-refractivity contribution in [2.24, 2.45) is 0 Å². The summed E-state index contributed by atoms with van der Waals surface area (Å²) in [5, 5.41) is 0.984. The van der Waals surface area contributed by atoms with Gasteiger partial charge in [-0.25, -0.2) is 4.39 Å². The van der Waals surface area contributed by atoms with E-state index in [4.69, 9.17) is 4.74 Å². The van der Waals surface area contributed by atoms with E-state index in [-0.39, 0.29) is 5.82 Å². The van der Waals surface area contributed by atoms with E-state index < -0.39 is 0 Å². The molecule has 1 heterocycles. The van der Waals surface area contributed by atoms with Gasteiger partial charge in [-0.05, 0) is 37.4 Å². The molecule has 0 radical (unpaired) electrons. The average Bonchev–Trinajstić information content (AvgIpc) is 2.72. The minimum atomic E-state index is -0.235. The SMILES string of the molecule is CCOc1ccn(-c2cccc(F)c2)c1SC. The second kappa shape index (κ2) is 5.27. The number of thioether (sulfide) groups is 1. The number of ether oxygens (including phenoxy) is 1. The fraction of sp³-hybridized carbons (Fsp3) is 0.231. The maximum absolute atomic E-state index is 13.2. The summed E-state index contributed by atoms with van der Waals surface area (Å²) in [4.78, 5) is 0. The van der Waals surface area contributed by atoms with Crippen molar-refractivity contribution in [1.29, 1.82) is 0 Å². The summed E-state index contributed by atoms with van der Waals surface area (Å²) >= 11 is 1.58. The van der Waals surface area contributed by atoms with Crippen LogP contribution in [-0.2, 0) is 0 Å². The van der Waals surface area contributed by atoms with Gasteiger partial charge < -0.3 is 9.30 Å². The number of hydrogen-bond donors (Lipinski definition) is 0. The molecular formula is C13H14FNOS. The van der Waals surface area contributed by atoms with Crippen molar-refractivity contribution >= 4 is 11.8 Å². The Morgan fingerprint density at radius 2 is 2.18 bits per heavy atom. The highest BCUT2D eigenvalue weighted by Gasteiger charge is 2.10. The molecule has 1 aromatic heterocycles. The zero-order valence-electron chi connectivity index (χ0n) is 9.81. The van der Waals surface area contributed by atoms with E-state index in [2.05, 4.69) is 0 Å². The van der Waals surface area contributed by atoms with Gasteiger partial charge in [0.25, 0.3) is 0 Å². The molecule has 0 fully saturated rings. The summed E-state index contributed by atoms with van der Waals surface area (Å²) in [5.41, 5.74) is 0.806. The van der Waals surface area contributed by atoms with Crippen LogP contribution in [0.15, 0.2) is 41.6 Å². The second-order valence-electron chi connectivity index (χ2n) is 3.47. The lowest BCUT2D eigenvalue weighted by atomic mass is 10.3. The molecule has 0 saturated carbocycles. The molecule has 0 saturated heterocycles. The molecule has 0 amide bonds. The number of aromatic nitrogens is 1. The number of halogens is 1. The molecule has 1 aromatic carbocycles. The Balaban J connectivity index is 2.45. The minimum Gasteiger partial charge on any atom is -0.491 e. The van der Waals surface area contributed by atoms with E-state index in [0.29, 0.717) is 6.61 Å². The standard InChI is InChI=1S/C13H14FNOS/c1-3-16-12-7-8-15(13(12)17-2)11-6-4-5-10(14)9-11/h4-9H,3H2,1-2H3. The molecule has 2 aromatic rings. The lowest BCUT2D eigenvalue weighted by Crippen LogP contribution is -1.97. The number of benzene rings is 1. The third-order valence-electron chi connectivity index (χ3n) is 2.38. The van der Waals surface area contributed by atoms with Crippen molar-refractivity contribution in [3.8, 4) is 11.4 Å². The van der Waals surface area contributed by atoms with Crippen LogP contribution in [-0.4, -0.2) is 17.4 Å². The fourth-order valence-electron chi connectivity index (χ4n) is 1.69. The number of rotatable bonds is 4. The zero-order valence-corrected chi connectivity index (χ0v) is 10.6. The van der Waals surface area contributed by atoms with Crippen LogP contribution in [0.3, 0.4) is 0 Å². The number of nitrogens with zero attached hydrogens (tertiary/aromatic N) is 1. The summed E-state index contributed by atoms with van der Waals surface area (Å²) < 4.78 is 20.6. The highest BCUT2D eigenvalue weighted by Crippen LogP contribution is 2.31. The largest absolute Gasteiger partial charge is 0.491 e. The molecule has 4 heteroatoms. The van der Waals surface area contributed by atoms with Crippen LogP contribution in [0.2, 0.25) is 0 Å². The molecule has 0 aliphatic heterocycles. The first-order valence-electron chi connectivity index (χ1n) is 5.40. The fourth-order valence-corrected chi connectivity index (χ4v) is 2.38. The summed E-state index contributed by atoms with van der Waals surface area (Å²) in [7, 11) is 0. The zero-order chi connectivity index (χ0) is 12.3. The maximum atomic E-state index is 13.2. The highest BCUT2D eigenvalue weighted by molar-refractivity contribution is 7.98. The van der Waals surface area contributed by atoms with Gasteiger partial charge in [-0.15, -0.1) is 11.8 Å². The number of hydrogen-bond acceptors (Lipinski definition) is 2. The van der Waals surface area contributed by atoms with Crippen LogP contribution in [0, 0.1) is 5.82 Å². The van der Waals surface area contributed by atoms with Crippen molar-refractivity contribution in [3.05, 3.63) is 42.3 Å². The van der Waals surface area contributed by atoms with Gasteiger partial charge >= 0.3 is 0 Å². The maximum Gasteiger partial charge on any atom is 0.151 e. The lowest BCUT2D eigenvalue weighted by Gasteiger charge is -2.09. The topological polar surface area (TPSA) is 14.2 Å². The first kappa shape index (κ1) is 12.0. The van der Waals surface area contributed by atoms with Crippen molar-refractivity contribution < 1.29 is 9.13 Å². The molecule has 2 nitrogen and oxygen atoms in total. The third-order valence-corrected chi connectivity index (χ3v) is 3.17. The van der Waals surface area contributed by atoms with Crippen LogP contribution >= 0.6 is 11.8 Å². The van der Waals surface area contributed by atoms with Crippen molar-refractivity contribution in [3.63, 3.8) is 0 Å².